The van der Waals surface area contributed by atoms with Crippen molar-refractivity contribution in [1.82, 2.24) is 10.6 Å². The van der Waals surface area contributed by atoms with Gasteiger partial charge in [-0.05, 0) is 24.1 Å². The number of guanidine groups is 1. The number of aliphatic imine (C=N–C) groups is 1. The average Bonchev–Trinajstić information content (AvgIpc) is 2.47. The van der Waals surface area contributed by atoms with Gasteiger partial charge in [0, 0.05) is 31.2 Å². The number of benzene rings is 1. The van der Waals surface area contributed by atoms with Crippen LogP contribution < -0.4 is 16.0 Å². The minimum Gasteiger partial charge on any atom is -0.356 e. The maximum absolute atomic E-state index is 11.6. The lowest BCUT2D eigenvalue weighted by Gasteiger charge is -2.16. The van der Waals surface area contributed by atoms with Crippen LogP contribution in [-0.2, 0) is 11.3 Å². The van der Waals surface area contributed by atoms with Crippen molar-refractivity contribution in [2.45, 2.75) is 26.8 Å². The molecule has 5 nitrogen and oxygen atoms in total. The average molecular weight is 402 g/mol. The Morgan fingerprint density at radius 2 is 2.05 bits per heavy atom. The van der Waals surface area contributed by atoms with Crippen molar-refractivity contribution >= 4 is 41.5 Å². The van der Waals surface area contributed by atoms with Crippen molar-refractivity contribution in [2.24, 2.45) is 10.9 Å². The van der Waals surface area contributed by atoms with Crippen molar-refractivity contribution in [2.75, 3.05) is 18.4 Å². The van der Waals surface area contributed by atoms with Gasteiger partial charge in [0.15, 0.2) is 5.96 Å². The fraction of sp³-hybridized carbons (Fsp3) is 0.467. The minimum atomic E-state index is -0.00766. The summed E-state index contributed by atoms with van der Waals surface area (Å²) in [4.78, 5) is 15.9. The standard InChI is InChI=1S/C15H22N4O.HI/c1-11(2)14(20)19-13-6-4-12(5-7-13)10-18-15-16-8-3-9-17-15;/h4-7,11H,3,8-10H2,1-2H3,(H,19,20)(H2,16,17,18);1H. The molecule has 1 aliphatic heterocycles. The van der Waals surface area contributed by atoms with Crippen molar-refractivity contribution < 1.29 is 4.79 Å². The Labute approximate surface area is 143 Å². The maximum atomic E-state index is 11.6. The summed E-state index contributed by atoms with van der Waals surface area (Å²) in [6.45, 7) is 6.35. The second-order valence-electron chi connectivity index (χ2n) is 5.21. The van der Waals surface area contributed by atoms with Crippen molar-refractivity contribution in [1.29, 1.82) is 0 Å². The predicted octanol–water partition coefficient (Wildman–Crippen LogP) is 2.34. The van der Waals surface area contributed by atoms with Gasteiger partial charge in [-0.15, -0.1) is 24.0 Å². The van der Waals surface area contributed by atoms with Gasteiger partial charge in [-0.1, -0.05) is 26.0 Å². The lowest BCUT2D eigenvalue weighted by atomic mass is 10.1. The zero-order valence-corrected chi connectivity index (χ0v) is 14.8. The quantitative estimate of drug-likeness (QED) is 0.678. The molecule has 0 unspecified atom stereocenters. The van der Waals surface area contributed by atoms with E-state index in [1.165, 1.54) is 0 Å². The molecule has 0 aliphatic carbocycles. The lowest BCUT2D eigenvalue weighted by molar-refractivity contribution is -0.118. The third-order valence-corrected chi connectivity index (χ3v) is 3.10. The first-order valence-electron chi connectivity index (χ1n) is 7.07. The number of halogens is 1. The molecule has 0 saturated carbocycles. The number of nitrogens with one attached hydrogen (secondary N) is 3. The Kier molecular flexibility index (Phi) is 7.49. The van der Waals surface area contributed by atoms with Crippen LogP contribution in [0.2, 0.25) is 0 Å². The van der Waals surface area contributed by atoms with Crippen LogP contribution >= 0.6 is 24.0 Å². The molecule has 0 saturated heterocycles. The number of carbonyl (C=O) groups is 1. The molecular formula is C15H23IN4O. The predicted molar refractivity (Wildman–Crippen MR) is 97.1 cm³/mol. The molecule has 6 heteroatoms. The molecule has 1 aliphatic rings. The smallest absolute Gasteiger partial charge is 0.226 e. The molecule has 1 aromatic carbocycles. The molecule has 1 amide bonds. The third kappa shape index (κ3) is 5.91. The van der Waals surface area contributed by atoms with Gasteiger partial charge in [-0.25, -0.2) is 0 Å². The molecule has 0 radical (unpaired) electrons. The van der Waals surface area contributed by atoms with E-state index in [0.29, 0.717) is 0 Å². The first-order chi connectivity index (χ1) is 9.65. The van der Waals surface area contributed by atoms with Crippen LogP contribution in [0.25, 0.3) is 0 Å². The van der Waals surface area contributed by atoms with E-state index >= 15 is 0 Å². The summed E-state index contributed by atoms with van der Waals surface area (Å²) in [6.07, 6.45) is 1.09. The van der Waals surface area contributed by atoms with Crippen molar-refractivity contribution in [3.63, 3.8) is 0 Å². The second kappa shape index (κ2) is 8.86. The van der Waals surface area contributed by atoms with E-state index in [0.717, 1.165) is 43.3 Å². The van der Waals surface area contributed by atoms with E-state index in [2.05, 4.69) is 20.9 Å². The van der Waals surface area contributed by atoms with E-state index in [1.807, 2.05) is 38.1 Å². The van der Waals surface area contributed by atoms with E-state index in [4.69, 9.17) is 0 Å². The highest BCUT2D eigenvalue weighted by atomic mass is 127. The number of nitrogens with zero attached hydrogens (tertiary/aromatic N) is 1. The summed E-state index contributed by atoms with van der Waals surface area (Å²) < 4.78 is 0. The number of rotatable bonds is 4. The van der Waals surface area contributed by atoms with Crippen LogP contribution in [-0.4, -0.2) is 25.0 Å². The van der Waals surface area contributed by atoms with Crippen LogP contribution in [0.1, 0.15) is 25.8 Å². The monoisotopic (exact) mass is 402 g/mol. The number of hydrogen-bond acceptors (Lipinski definition) is 4. The molecule has 1 heterocycles. The van der Waals surface area contributed by atoms with Gasteiger partial charge in [0.2, 0.25) is 5.91 Å². The van der Waals surface area contributed by atoms with Crippen LogP contribution in [0.4, 0.5) is 5.69 Å². The fourth-order valence-electron chi connectivity index (χ4n) is 1.83. The van der Waals surface area contributed by atoms with Gasteiger partial charge in [-0.2, -0.15) is 0 Å². The molecule has 0 spiro atoms. The first-order valence-corrected chi connectivity index (χ1v) is 7.07. The number of hydrogen-bond donors (Lipinski definition) is 3. The number of amides is 1. The second-order valence-corrected chi connectivity index (χ2v) is 5.21. The molecular weight excluding hydrogens is 379 g/mol. The van der Waals surface area contributed by atoms with Gasteiger partial charge in [0.1, 0.15) is 0 Å². The molecule has 0 atom stereocenters. The van der Waals surface area contributed by atoms with Crippen LogP contribution in [0.3, 0.4) is 0 Å². The normalized spacial score (nSPS) is 13.8. The SMILES string of the molecule is CC(C)C(=O)Nc1ccc(CNC2=NCCCN2)cc1.I. The van der Waals surface area contributed by atoms with Crippen LogP contribution in [0, 0.1) is 5.92 Å². The summed E-state index contributed by atoms with van der Waals surface area (Å²) in [5.41, 5.74) is 1.99. The third-order valence-electron chi connectivity index (χ3n) is 3.10. The first kappa shape index (κ1) is 17.7. The van der Waals surface area contributed by atoms with Crippen molar-refractivity contribution in [3.05, 3.63) is 29.8 Å². The van der Waals surface area contributed by atoms with Crippen molar-refractivity contribution in [3.8, 4) is 0 Å². The highest BCUT2D eigenvalue weighted by Crippen LogP contribution is 2.10. The largest absolute Gasteiger partial charge is 0.356 e. The molecule has 1 aromatic rings. The number of anilines is 1. The Morgan fingerprint density at radius 1 is 1.33 bits per heavy atom. The van der Waals surface area contributed by atoms with Gasteiger partial charge >= 0.3 is 0 Å². The molecule has 0 aromatic heterocycles. The molecule has 21 heavy (non-hydrogen) atoms. The van der Waals surface area contributed by atoms with E-state index in [-0.39, 0.29) is 35.8 Å². The van der Waals surface area contributed by atoms with Gasteiger partial charge in [0.05, 0.1) is 0 Å². The fourth-order valence-corrected chi connectivity index (χ4v) is 1.83. The van der Waals surface area contributed by atoms with Gasteiger partial charge < -0.3 is 16.0 Å². The molecule has 2 rings (SSSR count). The zero-order valence-electron chi connectivity index (χ0n) is 12.5. The Balaban J connectivity index is 0.00000220. The van der Waals surface area contributed by atoms with E-state index in [1.54, 1.807) is 0 Å². The zero-order chi connectivity index (χ0) is 14.4. The van der Waals surface area contributed by atoms with Gasteiger partial charge in [-0.3, -0.25) is 9.79 Å². The van der Waals surface area contributed by atoms with Crippen LogP contribution in [0.5, 0.6) is 0 Å². The number of carbonyl (C=O) groups excluding carboxylic acids is 1. The Hall–Kier alpha value is -1.31. The van der Waals surface area contributed by atoms with Crippen LogP contribution in [0.15, 0.2) is 29.3 Å². The minimum absolute atomic E-state index is 0. The summed E-state index contributed by atoms with van der Waals surface area (Å²) in [5.74, 6) is 0.900. The Morgan fingerprint density at radius 3 is 2.62 bits per heavy atom. The lowest BCUT2D eigenvalue weighted by Crippen LogP contribution is -2.40. The summed E-state index contributed by atoms with van der Waals surface area (Å²) >= 11 is 0. The maximum Gasteiger partial charge on any atom is 0.226 e. The topological polar surface area (TPSA) is 65.5 Å². The molecule has 0 bridgehead atoms. The summed E-state index contributed by atoms with van der Waals surface area (Å²) in [6, 6.07) is 7.86. The molecule has 0 fully saturated rings. The van der Waals surface area contributed by atoms with E-state index in [9.17, 15) is 4.79 Å². The molecule has 3 N–H and O–H groups in total. The van der Waals surface area contributed by atoms with Gasteiger partial charge in [0.25, 0.3) is 0 Å². The molecule has 116 valence electrons. The highest BCUT2D eigenvalue weighted by Gasteiger charge is 2.07. The highest BCUT2D eigenvalue weighted by molar-refractivity contribution is 14.0. The van der Waals surface area contributed by atoms with E-state index < -0.39 is 0 Å². The Bertz CT molecular complexity index is 485. The summed E-state index contributed by atoms with van der Waals surface area (Å²) in [5, 5.41) is 9.37. The summed E-state index contributed by atoms with van der Waals surface area (Å²) in [7, 11) is 0.